The first-order chi connectivity index (χ1) is 12.6. The normalized spacial score (nSPS) is 12.5. The summed E-state index contributed by atoms with van der Waals surface area (Å²) in [6.07, 6.45) is 4.87. The van der Waals surface area contributed by atoms with E-state index in [2.05, 4.69) is 10.1 Å². The topological polar surface area (TPSA) is 47.3 Å². The molecule has 2 heterocycles. The zero-order valence-electron chi connectivity index (χ0n) is 13.3. The predicted molar refractivity (Wildman–Crippen MR) is 97.6 cm³/mol. The molecule has 0 atom stereocenters. The summed E-state index contributed by atoms with van der Waals surface area (Å²) in [5.41, 5.74) is 0.785. The summed E-state index contributed by atoms with van der Waals surface area (Å²) in [6.45, 7) is 0. The lowest BCUT2D eigenvalue weighted by atomic mass is 10.2. The highest BCUT2D eigenvalue weighted by atomic mass is 32.1. The van der Waals surface area contributed by atoms with Gasteiger partial charge in [-0.05, 0) is 35.9 Å². The fraction of sp³-hybridized carbons (Fsp3) is 0. The van der Waals surface area contributed by atoms with Gasteiger partial charge in [0.25, 0.3) is 5.56 Å². The zero-order chi connectivity index (χ0) is 18.1. The second kappa shape index (κ2) is 6.61. The molecule has 0 aliphatic carbocycles. The molecule has 4 aromatic rings. The molecule has 0 bridgehead atoms. The van der Waals surface area contributed by atoms with Crippen molar-refractivity contribution in [2.24, 2.45) is 0 Å². The molecule has 0 aliphatic heterocycles. The van der Waals surface area contributed by atoms with E-state index in [0.717, 1.165) is 16.9 Å². The van der Waals surface area contributed by atoms with Gasteiger partial charge in [0.1, 0.15) is 11.6 Å². The summed E-state index contributed by atoms with van der Waals surface area (Å²) in [6, 6.07) is 12.2. The molecule has 26 heavy (non-hydrogen) atoms. The molecular weight excluding hydrogens is 356 g/mol. The van der Waals surface area contributed by atoms with E-state index in [1.165, 1.54) is 28.8 Å². The van der Waals surface area contributed by atoms with Crippen molar-refractivity contribution in [2.45, 2.75) is 0 Å². The fourth-order valence-electron chi connectivity index (χ4n) is 2.40. The average Bonchev–Trinajstić information content (AvgIpc) is 3.16. The molecule has 7 heteroatoms. The first-order valence-electron chi connectivity index (χ1n) is 7.70. The van der Waals surface area contributed by atoms with Crippen LogP contribution in [0.2, 0.25) is 0 Å². The van der Waals surface area contributed by atoms with Crippen LogP contribution >= 0.6 is 11.3 Å². The number of halogens is 2. The second-order valence-electron chi connectivity index (χ2n) is 5.49. The lowest BCUT2D eigenvalue weighted by Crippen LogP contribution is -2.23. The summed E-state index contributed by atoms with van der Waals surface area (Å²) < 4.78 is 28.2. The van der Waals surface area contributed by atoms with Crippen LogP contribution in [0.5, 0.6) is 0 Å². The van der Waals surface area contributed by atoms with Crippen molar-refractivity contribution in [3.8, 4) is 0 Å². The van der Waals surface area contributed by atoms with Gasteiger partial charge in [0.05, 0.1) is 4.53 Å². The van der Waals surface area contributed by atoms with Crippen LogP contribution in [-0.2, 0) is 0 Å². The Morgan fingerprint density at radius 3 is 2.50 bits per heavy atom. The van der Waals surface area contributed by atoms with Crippen LogP contribution in [0.25, 0.3) is 23.2 Å². The SMILES string of the molecule is O=c1c(=Cc2ccccc2F)sc2nc(C=Cc3ccc(F)cc3)nn12. The lowest BCUT2D eigenvalue weighted by Gasteiger charge is -1.92. The summed E-state index contributed by atoms with van der Waals surface area (Å²) in [5.74, 6) is -0.332. The molecule has 0 N–H and O–H groups in total. The van der Waals surface area contributed by atoms with Gasteiger partial charge in [-0.2, -0.15) is 9.50 Å². The molecule has 2 aromatic carbocycles. The van der Waals surface area contributed by atoms with Gasteiger partial charge < -0.3 is 0 Å². The van der Waals surface area contributed by atoms with Crippen LogP contribution in [0, 0.1) is 11.6 Å². The third-order valence-electron chi connectivity index (χ3n) is 3.68. The summed E-state index contributed by atoms with van der Waals surface area (Å²) in [7, 11) is 0. The standard InChI is InChI=1S/C19H11F2N3OS/c20-14-8-5-12(6-9-14)7-10-17-22-19-24(23-17)18(25)16(26-19)11-13-3-1-2-4-15(13)21/h1-11H. The maximum Gasteiger partial charge on any atom is 0.291 e. The van der Waals surface area contributed by atoms with Crippen LogP contribution in [0.15, 0.2) is 53.3 Å². The second-order valence-corrected chi connectivity index (χ2v) is 6.50. The highest BCUT2D eigenvalue weighted by Gasteiger charge is 2.09. The maximum absolute atomic E-state index is 13.7. The molecule has 128 valence electrons. The van der Waals surface area contributed by atoms with E-state index in [9.17, 15) is 13.6 Å². The number of rotatable bonds is 3. The molecule has 0 saturated carbocycles. The summed E-state index contributed by atoms with van der Waals surface area (Å²) in [5, 5.41) is 4.16. The number of benzene rings is 2. The molecule has 0 amide bonds. The van der Waals surface area contributed by atoms with Crippen molar-refractivity contribution < 1.29 is 8.78 Å². The minimum absolute atomic E-state index is 0.308. The van der Waals surface area contributed by atoms with Gasteiger partial charge in [-0.15, -0.1) is 5.10 Å². The van der Waals surface area contributed by atoms with E-state index in [0.29, 0.717) is 20.9 Å². The van der Waals surface area contributed by atoms with Crippen molar-refractivity contribution in [3.05, 3.63) is 92.0 Å². The van der Waals surface area contributed by atoms with E-state index < -0.39 is 5.82 Å². The first kappa shape index (κ1) is 16.3. The number of nitrogens with zero attached hydrogens (tertiary/aromatic N) is 3. The van der Waals surface area contributed by atoms with Crippen LogP contribution in [0.4, 0.5) is 8.78 Å². The molecule has 0 fully saturated rings. The van der Waals surface area contributed by atoms with Crippen molar-refractivity contribution in [1.29, 1.82) is 0 Å². The Labute approximate surface area is 150 Å². The molecule has 0 radical (unpaired) electrons. The van der Waals surface area contributed by atoms with Gasteiger partial charge in [0, 0.05) is 5.56 Å². The molecule has 2 aromatic heterocycles. The van der Waals surface area contributed by atoms with Gasteiger partial charge in [0.2, 0.25) is 4.96 Å². The largest absolute Gasteiger partial charge is 0.291 e. The van der Waals surface area contributed by atoms with Gasteiger partial charge in [-0.25, -0.2) is 8.78 Å². The quantitative estimate of drug-likeness (QED) is 0.559. The summed E-state index contributed by atoms with van der Waals surface area (Å²) >= 11 is 1.14. The number of hydrogen-bond donors (Lipinski definition) is 0. The maximum atomic E-state index is 13.7. The van der Waals surface area contributed by atoms with E-state index >= 15 is 0 Å². The zero-order valence-corrected chi connectivity index (χ0v) is 14.1. The van der Waals surface area contributed by atoms with Gasteiger partial charge in [-0.3, -0.25) is 4.79 Å². The number of hydrogen-bond acceptors (Lipinski definition) is 4. The van der Waals surface area contributed by atoms with Gasteiger partial charge in [0.15, 0.2) is 5.82 Å². The lowest BCUT2D eigenvalue weighted by molar-refractivity contribution is 0.625. The van der Waals surface area contributed by atoms with Crippen LogP contribution in [0.3, 0.4) is 0 Å². The third kappa shape index (κ3) is 3.16. The molecule has 0 aliphatic rings. The first-order valence-corrected chi connectivity index (χ1v) is 8.51. The summed E-state index contributed by atoms with van der Waals surface area (Å²) in [4.78, 5) is 17.1. The highest BCUT2D eigenvalue weighted by molar-refractivity contribution is 7.15. The number of aromatic nitrogens is 3. The molecule has 0 saturated heterocycles. The van der Waals surface area contributed by atoms with Crippen LogP contribution in [0.1, 0.15) is 17.0 Å². The minimum atomic E-state index is -0.395. The Morgan fingerprint density at radius 1 is 1.00 bits per heavy atom. The Morgan fingerprint density at radius 2 is 1.77 bits per heavy atom. The van der Waals surface area contributed by atoms with Crippen molar-refractivity contribution in [1.82, 2.24) is 14.6 Å². The van der Waals surface area contributed by atoms with Crippen molar-refractivity contribution in [2.75, 3.05) is 0 Å². The van der Waals surface area contributed by atoms with Crippen LogP contribution in [-0.4, -0.2) is 14.6 Å². The molecule has 4 nitrogen and oxygen atoms in total. The van der Waals surface area contributed by atoms with Gasteiger partial charge >= 0.3 is 0 Å². The molecule has 4 rings (SSSR count). The Bertz CT molecular complexity index is 1230. The van der Waals surface area contributed by atoms with E-state index in [4.69, 9.17) is 0 Å². The molecular formula is C19H11F2N3OS. The van der Waals surface area contributed by atoms with Crippen molar-refractivity contribution in [3.63, 3.8) is 0 Å². The van der Waals surface area contributed by atoms with Crippen LogP contribution < -0.4 is 10.1 Å². The molecule has 0 unspecified atom stereocenters. The van der Waals surface area contributed by atoms with Crippen molar-refractivity contribution >= 4 is 34.5 Å². The number of fused-ring (bicyclic) bond motifs is 1. The Kier molecular flexibility index (Phi) is 4.14. The Balaban J connectivity index is 1.69. The monoisotopic (exact) mass is 367 g/mol. The minimum Gasteiger partial charge on any atom is -0.266 e. The average molecular weight is 367 g/mol. The van der Waals surface area contributed by atoms with E-state index in [1.54, 1.807) is 42.5 Å². The predicted octanol–water partition coefficient (Wildman–Crippen LogP) is 3.15. The Hall–Kier alpha value is -3.19. The van der Waals surface area contributed by atoms with Gasteiger partial charge in [-0.1, -0.05) is 47.7 Å². The highest BCUT2D eigenvalue weighted by Crippen LogP contribution is 2.10. The fourth-order valence-corrected chi connectivity index (χ4v) is 3.30. The third-order valence-corrected chi connectivity index (χ3v) is 4.64. The smallest absolute Gasteiger partial charge is 0.266 e. The van der Waals surface area contributed by atoms with E-state index in [-0.39, 0.29) is 11.4 Å². The molecule has 0 spiro atoms. The van der Waals surface area contributed by atoms with E-state index in [1.807, 2.05) is 0 Å². The number of thiazole rings is 1.